The van der Waals surface area contributed by atoms with Crippen LogP contribution in [0.3, 0.4) is 0 Å². The van der Waals surface area contributed by atoms with Crippen molar-refractivity contribution in [3.8, 4) is 0 Å². The Morgan fingerprint density at radius 2 is 1.96 bits per heavy atom. The van der Waals surface area contributed by atoms with E-state index >= 15 is 0 Å². The first-order valence-electron chi connectivity index (χ1n) is 8.80. The second kappa shape index (κ2) is 8.01. The number of nitrogens with zero attached hydrogens (tertiary/aromatic N) is 1. The van der Waals surface area contributed by atoms with Crippen LogP contribution in [-0.4, -0.2) is 29.3 Å². The molecule has 1 N–H and O–H groups in total. The molecule has 132 valence electrons. The Kier molecular flexibility index (Phi) is 5.53. The Bertz CT molecular complexity index is 693. The molecule has 3 rings (SSSR count). The average Bonchev–Trinajstić information content (AvgIpc) is 3.33. The highest BCUT2D eigenvalue weighted by Gasteiger charge is 2.34. The molecule has 1 aliphatic carbocycles. The van der Waals surface area contributed by atoms with Crippen LogP contribution in [0, 0.1) is 5.92 Å². The number of furan rings is 1. The minimum atomic E-state index is -0.289. The van der Waals surface area contributed by atoms with Crippen molar-refractivity contribution in [1.29, 1.82) is 0 Å². The first kappa shape index (κ1) is 17.3. The van der Waals surface area contributed by atoms with E-state index in [0.29, 0.717) is 19.0 Å². The maximum Gasteiger partial charge on any atom is 0.286 e. The van der Waals surface area contributed by atoms with Crippen LogP contribution in [0.15, 0.2) is 53.1 Å². The summed E-state index contributed by atoms with van der Waals surface area (Å²) in [5.74, 6) is 0.649. The number of carbonyl (C=O) groups excluding carboxylic acids is 2. The maximum absolute atomic E-state index is 12.7. The molecule has 1 aliphatic rings. The highest BCUT2D eigenvalue weighted by atomic mass is 16.3. The van der Waals surface area contributed by atoms with Crippen LogP contribution in [-0.2, 0) is 11.3 Å². The van der Waals surface area contributed by atoms with E-state index in [0.717, 1.165) is 5.56 Å². The van der Waals surface area contributed by atoms with Crippen molar-refractivity contribution in [2.24, 2.45) is 5.92 Å². The van der Waals surface area contributed by atoms with Gasteiger partial charge < -0.3 is 14.6 Å². The molecule has 1 atom stereocenters. The molecular weight excluding hydrogens is 316 g/mol. The van der Waals surface area contributed by atoms with E-state index in [-0.39, 0.29) is 30.0 Å². The Hall–Kier alpha value is -2.56. The molecule has 0 spiro atoms. The van der Waals surface area contributed by atoms with Gasteiger partial charge in [0.2, 0.25) is 5.91 Å². The Labute approximate surface area is 148 Å². The molecular formula is C20H24N2O3. The van der Waals surface area contributed by atoms with Gasteiger partial charge in [-0.05, 0) is 43.4 Å². The van der Waals surface area contributed by atoms with Crippen LogP contribution >= 0.6 is 0 Å². The number of nitrogens with one attached hydrogen (secondary N) is 1. The first-order valence-corrected chi connectivity index (χ1v) is 8.80. The van der Waals surface area contributed by atoms with Gasteiger partial charge in [0.25, 0.3) is 5.91 Å². The predicted molar refractivity (Wildman–Crippen MR) is 94.8 cm³/mol. The van der Waals surface area contributed by atoms with E-state index in [2.05, 4.69) is 12.2 Å². The molecule has 2 amide bonds. The van der Waals surface area contributed by atoms with Gasteiger partial charge in [-0.25, -0.2) is 0 Å². The highest BCUT2D eigenvalue weighted by molar-refractivity contribution is 5.91. The molecule has 0 unspecified atom stereocenters. The molecule has 1 fully saturated rings. The fraction of sp³-hybridized carbons (Fsp3) is 0.400. The molecule has 0 radical (unpaired) electrons. The maximum atomic E-state index is 12.7. The molecule has 2 aromatic rings. The van der Waals surface area contributed by atoms with E-state index in [1.54, 1.807) is 12.1 Å². The van der Waals surface area contributed by atoms with Gasteiger partial charge in [-0.3, -0.25) is 9.59 Å². The zero-order valence-corrected chi connectivity index (χ0v) is 14.5. The van der Waals surface area contributed by atoms with Crippen LogP contribution in [0.25, 0.3) is 0 Å². The number of rotatable bonds is 8. The molecule has 5 heteroatoms. The van der Waals surface area contributed by atoms with Crippen molar-refractivity contribution >= 4 is 11.8 Å². The topological polar surface area (TPSA) is 62.6 Å². The lowest BCUT2D eigenvalue weighted by atomic mass is 10.1. The number of hydrogen-bond donors (Lipinski definition) is 1. The smallest absolute Gasteiger partial charge is 0.286 e. The van der Waals surface area contributed by atoms with Gasteiger partial charge >= 0.3 is 0 Å². The zero-order chi connectivity index (χ0) is 17.6. The molecule has 1 aromatic heterocycles. The zero-order valence-electron chi connectivity index (χ0n) is 14.5. The van der Waals surface area contributed by atoms with Crippen LogP contribution in [0.4, 0.5) is 0 Å². The summed E-state index contributed by atoms with van der Waals surface area (Å²) >= 11 is 0. The number of amides is 2. The quantitative estimate of drug-likeness (QED) is 0.802. The van der Waals surface area contributed by atoms with Crippen molar-refractivity contribution in [2.75, 3.05) is 6.54 Å². The van der Waals surface area contributed by atoms with Gasteiger partial charge in [-0.15, -0.1) is 0 Å². The summed E-state index contributed by atoms with van der Waals surface area (Å²) in [5.41, 5.74) is 1.13. The average molecular weight is 340 g/mol. The summed E-state index contributed by atoms with van der Waals surface area (Å²) < 4.78 is 5.05. The van der Waals surface area contributed by atoms with Crippen LogP contribution in [0.2, 0.25) is 0 Å². The Morgan fingerprint density at radius 1 is 1.20 bits per heavy atom. The van der Waals surface area contributed by atoms with Crippen molar-refractivity contribution in [3.63, 3.8) is 0 Å². The normalized spacial score (nSPS) is 14.8. The third-order valence-corrected chi connectivity index (χ3v) is 4.68. The largest absolute Gasteiger partial charge is 0.459 e. The molecule has 0 aliphatic heterocycles. The Balaban J connectivity index is 1.56. The van der Waals surface area contributed by atoms with Crippen molar-refractivity contribution < 1.29 is 14.0 Å². The number of carbonyl (C=O) groups is 2. The van der Waals surface area contributed by atoms with Crippen LogP contribution in [0.5, 0.6) is 0 Å². The van der Waals surface area contributed by atoms with Gasteiger partial charge in [0.1, 0.15) is 0 Å². The summed E-state index contributed by atoms with van der Waals surface area (Å²) in [4.78, 5) is 26.6. The van der Waals surface area contributed by atoms with Crippen molar-refractivity contribution in [1.82, 2.24) is 10.2 Å². The highest BCUT2D eigenvalue weighted by Crippen LogP contribution is 2.35. The summed E-state index contributed by atoms with van der Waals surface area (Å²) in [6.07, 6.45) is 4.12. The standard InChI is InChI=1S/C20H24N2O3/c1-15(17-9-10-17)22(14-16-6-3-2-4-7-16)19(23)11-12-21-20(24)18-8-5-13-25-18/h2-8,13,15,17H,9-12,14H2,1H3,(H,21,24)/t15-/m0/s1. The second-order valence-electron chi connectivity index (χ2n) is 6.57. The second-order valence-corrected chi connectivity index (χ2v) is 6.57. The summed E-state index contributed by atoms with van der Waals surface area (Å²) in [5, 5.41) is 2.74. The lowest BCUT2D eigenvalue weighted by Gasteiger charge is -2.30. The van der Waals surface area contributed by atoms with Crippen molar-refractivity contribution in [2.45, 2.75) is 38.8 Å². The van der Waals surface area contributed by atoms with Gasteiger partial charge in [0.15, 0.2) is 5.76 Å². The third kappa shape index (κ3) is 4.72. The first-order chi connectivity index (χ1) is 12.1. The summed E-state index contributed by atoms with van der Waals surface area (Å²) in [6, 6.07) is 13.5. The molecule has 0 bridgehead atoms. The lowest BCUT2D eigenvalue weighted by Crippen LogP contribution is -2.41. The predicted octanol–water partition coefficient (Wildman–Crippen LogP) is 3.23. The lowest BCUT2D eigenvalue weighted by molar-refractivity contribution is -0.134. The monoisotopic (exact) mass is 340 g/mol. The Morgan fingerprint density at radius 3 is 2.60 bits per heavy atom. The molecule has 1 saturated carbocycles. The van der Waals surface area contributed by atoms with E-state index in [1.807, 2.05) is 35.2 Å². The summed E-state index contributed by atoms with van der Waals surface area (Å²) in [6.45, 7) is 3.05. The molecule has 25 heavy (non-hydrogen) atoms. The van der Waals surface area contributed by atoms with E-state index in [9.17, 15) is 9.59 Å². The molecule has 5 nitrogen and oxygen atoms in total. The van der Waals surface area contributed by atoms with Gasteiger partial charge in [0, 0.05) is 25.6 Å². The summed E-state index contributed by atoms with van der Waals surface area (Å²) in [7, 11) is 0. The number of hydrogen-bond acceptors (Lipinski definition) is 3. The SMILES string of the molecule is C[C@@H](C1CC1)N(Cc1ccccc1)C(=O)CCNC(=O)c1ccco1. The minimum Gasteiger partial charge on any atom is -0.459 e. The van der Waals surface area contributed by atoms with Gasteiger partial charge in [-0.2, -0.15) is 0 Å². The van der Waals surface area contributed by atoms with Gasteiger partial charge in [0.05, 0.1) is 6.26 Å². The molecule has 1 aromatic carbocycles. The third-order valence-electron chi connectivity index (χ3n) is 4.68. The number of benzene rings is 1. The fourth-order valence-corrected chi connectivity index (χ4v) is 2.99. The minimum absolute atomic E-state index is 0.0722. The van der Waals surface area contributed by atoms with E-state index in [4.69, 9.17) is 4.42 Å². The van der Waals surface area contributed by atoms with E-state index < -0.39 is 0 Å². The fourth-order valence-electron chi connectivity index (χ4n) is 2.99. The molecule has 0 saturated heterocycles. The van der Waals surface area contributed by atoms with Crippen LogP contribution in [0.1, 0.15) is 42.3 Å². The van der Waals surface area contributed by atoms with E-state index in [1.165, 1.54) is 19.1 Å². The molecule has 1 heterocycles. The van der Waals surface area contributed by atoms with Crippen LogP contribution < -0.4 is 5.32 Å². The van der Waals surface area contributed by atoms with Gasteiger partial charge in [-0.1, -0.05) is 30.3 Å². The van der Waals surface area contributed by atoms with Crippen molar-refractivity contribution in [3.05, 3.63) is 60.1 Å².